The van der Waals surface area contributed by atoms with Crippen molar-refractivity contribution in [3.05, 3.63) is 11.8 Å². The third-order valence-electron chi connectivity index (χ3n) is 2.89. The molecule has 2 heterocycles. The molecule has 1 aromatic rings. The molecule has 0 saturated carbocycles. The minimum atomic E-state index is -0.556. The van der Waals surface area contributed by atoms with E-state index in [4.69, 9.17) is 10.5 Å². The molecule has 2 rings (SSSR count). The lowest BCUT2D eigenvalue weighted by Gasteiger charge is -2.28. The number of hydrogen-bond acceptors (Lipinski definition) is 5. The zero-order valence-electron chi connectivity index (χ0n) is 10.3. The number of aryl methyl sites for hydroxylation is 1. The monoisotopic (exact) mass is 254 g/mol. The van der Waals surface area contributed by atoms with Crippen LogP contribution in [0.1, 0.15) is 12.1 Å². The summed E-state index contributed by atoms with van der Waals surface area (Å²) in [6, 6.07) is 1.34. The minimum absolute atomic E-state index is 0.0445. The van der Waals surface area contributed by atoms with Crippen LogP contribution in [0.25, 0.3) is 0 Å². The number of rotatable bonds is 3. The number of nitrogens with one attached hydrogen (secondary N) is 1. The highest BCUT2D eigenvalue weighted by Gasteiger charge is 2.25. The molecule has 1 saturated heterocycles. The van der Waals surface area contributed by atoms with Crippen molar-refractivity contribution in [2.75, 3.05) is 18.9 Å². The second-order valence-corrected chi connectivity index (χ2v) is 4.47. The van der Waals surface area contributed by atoms with Crippen molar-refractivity contribution in [2.24, 2.45) is 0 Å². The molecule has 2 atom stereocenters. The highest BCUT2D eigenvalue weighted by atomic mass is 16.5. The number of anilines is 1. The quantitative estimate of drug-likeness (QED) is 0.644. The first-order chi connectivity index (χ1) is 8.56. The van der Waals surface area contributed by atoms with Gasteiger partial charge in [-0.25, -0.2) is 4.68 Å². The van der Waals surface area contributed by atoms with Gasteiger partial charge in [-0.15, -0.1) is 0 Å². The molecule has 0 aromatic carbocycles. The first kappa shape index (κ1) is 12.8. The fourth-order valence-corrected chi connectivity index (χ4v) is 1.95. The van der Waals surface area contributed by atoms with E-state index in [1.54, 1.807) is 6.07 Å². The van der Waals surface area contributed by atoms with Crippen LogP contribution in [-0.2, 0) is 16.1 Å². The first-order valence-corrected chi connectivity index (χ1v) is 5.91. The number of amides is 1. The summed E-state index contributed by atoms with van der Waals surface area (Å²) in [5.74, 6) is 0.211. The molecule has 0 spiro atoms. The maximum absolute atomic E-state index is 11.8. The predicted octanol–water partition coefficient (Wildman–Crippen LogP) is -0.960. The number of carbonyl (C=O) groups is 1. The van der Waals surface area contributed by atoms with Crippen molar-refractivity contribution in [3.63, 3.8) is 0 Å². The molecule has 0 radical (unpaired) electrons. The number of nitrogen functional groups attached to an aromatic ring is 1. The number of aliphatic hydroxyl groups excluding tert-OH is 1. The van der Waals surface area contributed by atoms with E-state index >= 15 is 0 Å². The smallest absolute Gasteiger partial charge is 0.242 e. The topological polar surface area (TPSA) is 102 Å². The van der Waals surface area contributed by atoms with Gasteiger partial charge in [-0.2, -0.15) is 5.10 Å². The van der Waals surface area contributed by atoms with E-state index in [9.17, 15) is 9.90 Å². The molecule has 7 heteroatoms. The summed E-state index contributed by atoms with van der Waals surface area (Å²) < 4.78 is 6.64. The standard InChI is InChI=1S/C11H18N4O3/c1-7-4-10(12)15(14-7)5-11(17)13-8-6-18-3-2-9(8)16/h4,8-9,16H,2-3,5-6,12H2,1H3,(H,13,17)/t8-,9-/m1/s1. The largest absolute Gasteiger partial charge is 0.391 e. The van der Waals surface area contributed by atoms with E-state index in [-0.39, 0.29) is 18.5 Å². The van der Waals surface area contributed by atoms with Crippen LogP contribution in [0.4, 0.5) is 5.82 Å². The van der Waals surface area contributed by atoms with Gasteiger partial charge in [0, 0.05) is 12.7 Å². The number of nitrogens with zero attached hydrogens (tertiary/aromatic N) is 2. The molecular weight excluding hydrogens is 236 g/mol. The van der Waals surface area contributed by atoms with Crippen molar-refractivity contribution in [1.29, 1.82) is 0 Å². The van der Waals surface area contributed by atoms with Crippen LogP contribution < -0.4 is 11.1 Å². The van der Waals surface area contributed by atoms with Crippen molar-refractivity contribution in [1.82, 2.24) is 15.1 Å². The molecule has 4 N–H and O–H groups in total. The second kappa shape index (κ2) is 5.36. The number of aromatic nitrogens is 2. The summed E-state index contributed by atoms with van der Waals surface area (Å²) in [7, 11) is 0. The highest BCUT2D eigenvalue weighted by Crippen LogP contribution is 2.08. The molecule has 0 bridgehead atoms. The Morgan fingerprint density at radius 2 is 2.56 bits per heavy atom. The molecule has 0 aliphatic carbocycles. The SMILES string of the molecule is Cc1cc(N)n(CC(=O)N[C@@H]2COCC[C@H]2O)n1. The van der Waals surface area contributed by atoms with Crippen LogP contribution in [-0.4, -0.2) is 46.2 Å². The van der Waals surface area contributed by atoms with E-state index in [1.807, 2.05) is 6.92 Å². The minimum Gasteiger partial charge on any atom is -0.391 e. The van der Waals surface area contributed by atoms with E-state index in [1.165, 1.54) is 4.68 Å². The molecule has 7 nitrogen and oxygen atoms in total. The molecule has 1 amide bonds. The van der Waals surface area contributed by atoms with Gasteiger partial charge in [0.25, 0.3) is 0 Å². The van der Waals surface area contributed by atoms with Crippen molar-refractivity contribution >= 4 is 11.7 Å². The summed E-state index contributed by atoms with van der Waals surface area (Å²) in [5, 5.41) is 16.5. The lowest BCUT2D eigenvalue weighted by molar-refractivity contribution is -0.125. The van der Waals surface area contributed by atoms with Gasteiger partial charge in [-0.1, -0.05) is 0 Å². The van der Waals surface area contributed by atoms with Gasteiger partial charge in [-0.05, 0) is 13.3 Å². The van der Waals surface area contributed by atoms with Crippen LogP contribution in [0.15, 0.2) is 6.07 Å². The van der Waals surface area contributed by atoms with Crippen LogP contribution in [0.3, 0.4) is 0 Å². The fourth-order valence-electron chi connectivity index (χ4n) is 1.95. The summed E-state index contributed by atoms with van der Waals surface area (Å²) >= 11 is 0. The Labute approximate surface area is 105 Å². The lowest BCUT2D eigenvalue weighted by atomic mass is 10.1. The summed E-state index contributed by atoms with van der Waals surface area (Å²) in [6.07, 6.45) is -0.0204. The highest BCUT2D eigenvalue weighted by molar-refractivity contribution is 5.76. The predicted molar refractivity (Wildman–Crippen MR) is 64.7 cm³/mol. The van der Waals surface area contributed by atoms with Crippen LogP contribution in [0.2, 0.25) is 0 Å². The average Bonchev–Trinajstić information content (AvgIpc) is 2.61. The molecule has 1 aromatic heterocycles. The normalized spacial score (nSPS) is 23.9. The maximum atomic E-state index is 11.8. The third kappa shape index (κ3) is 2.99. The number of aliphatic hydroxyl groups is 1. The average molecular weight is 254 g/mol. The Kier molecular flexibility index (Phi) is 3.83. The van der Waals surface area contributed by atoms with Gasteiger partial charge >= 0.3 is 0 Å². The Morgan fingerprint density at radius 1 is 1.78 bits per heavy atom. The number of nitrogens with two attached hydrogens (primary N) is 1. The van der Waals surface area contributed by atoms with Crippen molar-refractivity contribution < 1.29 is 14.6 Å². The Bertz CT molecular complexity index is 432. The molecule has 1 fully saturated rings. The van der Waals surface area contributed by atoms with Gasteiger partial charge in [0.2, 0.25) is 5.91 Å². The summed E-state index contributed by atoms with van der Waals surface area (Å²) in [5.41, 5.74) is 6.46. The fraction of sp³-hybridized carbons (Fsp3) is 0.636. The van der Waals surface area contributed by atoms with Crippen molar-refractivity contribution in [2.45, 2.75) is 32.0 Å². The molecule has 100 valence electrons. The van der Waals surface area contributed by atoms with Gasteiger partial charge in [0.05, 0.1) is 24.4 Å². The number of carbonyl (C=O) groups excluding carboxylic acids is 1. The summed E-state index contributed by atoms with van der Waals surface area (Å²) in [4.78, 5) is 11.8. The zero-order chi connectivity index (χ0) is 13.1. The maximum Gasteiger partial charge on any atom is 0.242 e. The van der Waals surface area contributed by atoms with E-state index < -0.39 is 6.10 Å². The van der Waals surface area contributed by atoms with Gasteiger partial charge in [0.15, 0.2) is 0 Å². The van der Waals surface area contributed by atoms with Crippen LogP contribution >= 0.6 is 0 Å². The van der Waals surface area contributed by atoms with Gasteiger partial charge in [0.1, 0.15) is 12.4 Å². The molecule has 0 unspecified atom stereocenters. The summed E-state index contributed by atoms with van der Waals surface area (Å²) in [6.45, 7) is 2.71. The first-order valence-electron chi connectivity index (χ1n) is 5.91. The van der Waals surface area contributed by atoms with E-state index in [0.29, 0.717) is 25.5 Å². The molecule has 1 aliphatic rings. The number of hydrogen-bond donors (Lipinski definition) is 3. The Hall–Kier alpha value is -1.60. The zero-order valence-corrected chi connectivity index (χ0v) is 10.3. The van der Waals surface area contributed by atoms with E-state index in [2.05, 4.69) is 10.4 Å². The van der Waals surface area contributed by atoms with E-state index in [0.717, 1.165) is 5.69 Å². The lowest BCUT2D eigenvalue weighted by Crippen LogP contribution is -2.50. The second-order valence-electron chi connectivity index (χ2n) is 4.47. The van der Waals surface area contributed by atoms with Crippen molar-refractivity contribution in [3.8, 4) is 0 Å². The molecule has 1 aliphatic heterocycles. The molecular formula is C11H18N4O3. The van der Waals surface area contributed by atoms with Crippen LogP contribution in [0, 0.1) is 6.92 Å². The van der Waals surface area contributed by atoms with Gasteiger partial charge in [-0.3, -0.25) is 4.79 Å². The van der Waals surface area contributed by atoms with Crippen LogP contribution in [0.5, 0.6) is 0 Å². The molecule has 18 heavy (non-hydrogen) atoms. The Balaban J connectivity index is 1.90. The number of ether oxygens (including phenoxy) is 1. The Morgan fingerprint density at radius 3 is 3.17 bits per heavy atom. The third-order valence-corrected chi connectivity index (χ3v) is 2.89. The van der Waals surface area contributed by atoms with Gasteiger partial charge < -0.3 is 20.9 Å².